The largest absolute Gasteiger partial charge is 0.383 e. The minimum absolute atomic E-state index is 0.160. The van der Waals surface area contributed by atoms with Gasteiger partial charge in [0.2, 0.25) is 5.91 Å². The molecular formula is C12H24N2O2. The molecule has 1 unspecified atom stereocenters. The maximum absolute atomic E-state index is 12.3. The second-order valence-electron chi connectivity index (χ2n) is 4.47. The van der Waals surface area contributed by atoms with Crippen LogP contribution in [0.3, 0.4) is 0 Å². The summed E-state index contributed by atoms with van der Waals surface area (Å²) in [5.41, 5.74) is 0. The molecule has 1 amide bonds. The number of hydrogen-bond acceptors (Lipinski definition) is 3. The molecule has 4 nitrogen and oxygen atoms in total. The van der Waals surface area contributed by atoms with E-state index in [9.17, 15) is 4.79 Å². The van der Waals surface area contributed by atoms with Crippen molar-refractivity contribution in [1.29, 1.82) is 0 Å². The molecule has 1 rings (SSSR count). The van der Waals surface area contributed by atoms with Crippen LogP contribution in [0, 0.1) is 5.92 Å². The molecule has 1 heterocycles. The Bertz CT molecular complexity index is 215. The second kappa shape index (κ2) is 6.86. The highest BCUT2D eigenvalue weighted by Gasteiger charge is 2.27. The van der Waals surface area contributed by atoms with Crippen LogP contribution in [-0.2, 0) is 9.53 Å². The van der Waals surface area contributed by atoms with Gasteiger partial charge in [-0.3, -0.25) is 4.79 Å². The molecule has 16 heavy (non-hydrogen) atoms. The number of piperidine rings is 1. The molecular weight excluding hydrogens is 204 g/mol. The molecule has 0 aromatic rings. The summed E-state index contributed by atoms with van der Waals surface area (Å²) >= 11 is 0. The first kappa shape index (κ1) is 13.5. The van der Waals surface area contributed by atoms with Crippen LogP contribution in [0.15, 0.2) is 0 Å². The van der Waals surface area contributed by atoms with Gasteiger partial charge in [0, 0.05) is 20.2 Å². The average Bonchev–Trinajstić information content (AvgIpc) is 2.31. The topological polar surface area (TPSA) is 41.6 Å². The number of carbonyl (C=O) groups excluding carboxylic acids is 1. The van der Waals surface area contributed by atoms with Crippen molar-refractivity contribution in [2.24, 2.45) is 5.92 Å². The third-order valence-electron chi connectivity index (χ3n) is 3.21. The van der Waals surface area contributed by atoms with E-state index >= 15 is 0 Å². The average molecular weight is 228 g/mol. The maximum atomic E-state index is 12.3. The lowest BCUT2D eigenvalue weighted by molar-refractivity contribution is -0.138. The monoisotopic (exact) mass is 228 g/mol. The normalized spacial score (nSPS) is 22.8. The van der Waals surface area contributed by atoms with E-state index < -0.39 is 0 Å². The van der Waals surface area contributed by atoms with Crippen LogP contribution in [0.1, 0.15) is 26.7 Å². The Morgan fingerprint density at radius 3 is 2.88 bits per heavy atom. The fraction of sp³-hybridized carbons (Fsp3) is 0.917. The molecule has 1 saturated heterocycles. The first-order valence-electron chi connectivity index (χ1n) is 6.20. The van der Waals surface area contributed by atoms with Crippen LogP contribution in [-0.4, -0.2) is 50.2 Å². The number of hydrogen-bond donors (Lipinski definition) is 1. The van der Waals surface area contributed by atoms with Gasteiger partial charge in [-0.1, -0.05) is 0 Å². The van der Waals surface area contributed by atoms with E-state index in [1.165, 1.54) is 0 Å². The van der Waals surface area contributed by atoms with E-state index in [2.05, 4.69) is 5.32 Å². The zero-order valence-electron chi connectivity index (χ0n) is 10.7. The third kappa shape index (κ3) is 3.46. The van der Waals surface area contributed by atoms with Gasteiger partial charge in [-0.2, -0.15) is 0 Å². The fourth-order valence-electron chi connectivity index (χ4n) is 2.31. The fourth-order valence-corrected chi connectivity index (χ4v) is 2.31. The van der Waals surface area contributed by atoms with Crippen molar-refractivity contribution >= 4 is 5.91 Å². The van der Waals surface area contributed by atoms with E-state index in [0.29, 0.717) is 6.61 Å². The molecule has 0 aliphatic carbocycles. The molecule has 4 heteroatoms. The molecule has 0 bridgehead atoms. The molecule has 94 valence electrons. The summed E-state index contributed by atoms with van der Waals surface area (Å²) in [6, 6.07) is 0.171. The van der Waals surface area contributed by atoms with E-state index in [-0.39, 0.29) is 17.9 Å². The van der Waals surface area contributed by atoms with Gasteiger partial charge in [0.1, 0.15) is 0 Å². The molecule has 1 aliphatic rings. The number of likely N-dealkylation sites (N-methyl/N-ethyl adjacent to an activating group) is 1. The van der Waals surface area contributed by atoms with Crippen molar-refractivity contribution in [2.75, 3.05) is 33.4 Å². The van der Waals surface area contributed by atoms with Crippen LogP contribution in [0.5, 0.6) is 0 Å². The van der Waals surface area contributed by atoms with Gasteiger partial charge >= 0.3 is 0 Å². The number of methoxy groups -OCH3 is 1. The predicted octanol–water partition coefficient (Wildman–Crippen LogP) is 0.869. The Balaban J connectivity index is 2.53. The van der Waals surface area contributed by atoms with Gasteiger partial charge in [-0.15, -0.1) is 0 Å². The Hall–Kier alpha value is -0.610. The quantitative estimate of drug-likeness (QED) is 0.759. The Morgan fingerprint density at radius 1 is 1.62 bits per heavy atom. The summed E-state index contributed by atoms with van der Waals surface area (Å²) in [4.78, 5) is 14.2. The van der Waals surface area contributed by atoms with Crippen LogP contribution in [0.2, 0.25) is 0 Å². The zero-order chi connectivity index (χ0) is 12.0. The van der Waals surface area contributed by atoms with Crippen molar-refractivity contribution in [2.45, 2.75) is 32.7 Å². The van der Waals surface area contributed by atoms with E-state index in [0.717, 1.165) is 32.5 Å². The minimum Gasteiger partial charge on any atom is -0.383 e. The number of nitrogens with one attached hydrogen (secondary N) is 1. The van der Waals surface area contributed by atoms with Gasteiger partial charge in [0.05, 0.1) is 18.6 Å². The molecule has 0 radical (unpaired) electrons. The number of carbonyl (C=O) groups is 1. The van der Waals surface area contributed by atoms with Gasteiger partial charge in [-0.05, 0) is 33.2 Å². The molecule has 0 spiro atoms. The SMILES string of the molecule is CCN(C(=O)[C@@H]1CCCNC1)C(C)COC. The molecule has 2 atom stereocenters. The number of amides is 1. The molecule has 1 fully saturated rings. The number of ether oxygens (including phenoxy) is 1. The van der Waals surface area contributed by atoms with Gasteiger partial charge in [-0.25, -0.2) is 0 Å². The van der Waals surface area contributed by atoms with Crippen LogP contribution in [0.25, 0.3) is 0 Å². The Kier molecular flexibility index (Phi) is 5.77. The Labute approximate surface area is 98.3 Å². The number of nitrogens with zero attached hydrogens (tertiary/aromatic N) is 1. The summed E-state index contributed by atoms with van der Waals surface area (Å²) in [6.45, 7) is 7.32. The van der Waals surface area contributed by atoms with E-state index in [1.54, 1.807) is 7.11 Å². The van der Waals surface area contributed by atoms with Crippen molar-refractivity contribution in [3.63, 3.8) is 0 Å². The van der Waals surface area contributed by atoms with Crippen LogP contribution >= 0.6 is 0 Å². The van der Waals surface area contributed by atoms with Crippen molar-refractivity contribution in [1.82, 2.24) is 10.2 Å². The maximum Gasteiger partial charge on any atom is 0.227 e. The summed E-state index contributed by atoms with van der Waals surface area (Å²) in [5.74, 6) is 0.437. The molecule has 0 aromatic heterocycles. The predicted molar refractivity (Wildman–Crippen MR) is 64.3 cm³/mol. The first-order valence-corrected chi connectivity index (χ1v) is 6.20. The lowest BCUT2D eigenvalue weighted by Crippen LogP contribution is -2.47. The summed E-state index contributed by atoms with van der Waals surface area (Å²) in [5, 5.41) is 3.29. The van der Waals surface area contributed by atoms with Crippen LogP contribution < -0.4 is 5.32 Å². The van der Waals surface area contributed by atoms with Crippen molar-refractivity contribution < 1.29 is 9.53 Å². The van der Waals surface area contributed by atoms with E-state index in [1.807, 2.05) is 18.7 Å². The lowest BCUT2D eigenvalue weighted by atomic mass is 9.97. The highest BCUT2D eigenvalue weighted by molar-refractivity contribution is 5.79. The van der Waals surface area contributed by atoms with Gasteiger partial charge < -0.3 is 15.0 Å². The minimum atomic E-state index is 0.160. The molecule has 1 aliphatic heterocycles. The van der Waals surface area contributed by atoms with Crippen molar-refractivity contribution in [3.8, 4) is 0 Å². The van der Waals surface area contributed by atoms with Crippen molar-refractivity contribution in [3.05, 3.63) is 0 Å². The van der Waals surface area contributed by atoms with E-state index in [4.69, 9.17) is 4.74 Å². The van der Waals surface area contributed by atoms with Gasteiger partial charge in [0.25, 0.3) is 0 Å². The second-order valence-corrected chi connectivity index (χ2v) is 4.47. The summed E-state index contributed by atoms with van der Waals surface area (Å²) < 4.78 is 5.11. The summed E-state index contributed by atoms with van der Waals surface area (Å²) in [7, 11) is 1.68. The molecule has 0 aromatic carbocycles. The van der Waals surface area contributed by atoms with Crippen LogP contribution in [0.4, 0.5) is 0 Å². The first-order chi connectivity index (χ1) is 7.70. The lowest BCUT2D eigenvalue weighted by Gasteiger charge is -2.32. The Morgan fingerprint density at radius 2 is 2.38 bits per heavy atom. The third-order valence-corrected chi connectivity index (χ3v) is 3.21. The van der Waals surface area contributed by atoms with Gasteiger partial charge in [0.15, 0.2) is 0 Å². The highest BCUT2D eigenvalue weighted by Crippen LogP contribution is 2.15. The highest BCUT2D eigenvalue weighted by atomic mass is 16.5. The molecule has 0 saturated carbocycles. The smallest absolute Gasteiger partial charge is 0.227 e. The molecule has 1 N–H and O–H groups in total. The summed E-state index contributed by atoms with van der Waals surface area (Å²) in [6.07, 6.45) is 2.12. The number of rotatable bonds is 5. The standard InChI is InChI=1S/C12H24N2O2/c1-4-14(10(2)9-16-3)12(15)11-6-5-7-13-8-11/h10-11,13H,4-9H2,1-3H3/t10?,11-/m1/s1. The zero-order valence-corrected chi connectivity index (χ0v) is 10.7.